The van der Waals surface area contributed by atoms with E-state index < -0.39 is 0 Å². The summed E-state index contributed by atoms with van der Waals surface area (Å²) in [5.74, 6) is 0.262. The van der Waals surface area contributed by atoms with Crippen molar-refractivity contribution in [2.45, 2.75) is 45.1 Å². The van der Waals surface area contributed by atoms with E-state index in [2.05, 4.69) is 19.1 Å². The SMILES string of the molecule is Cc1ccccc1CCC(=O)N1CCCCC1CN.Cl. The number of hydrogen-bond acceptors (Lipinski definition) is 2. The quantitative estimate of drug-likeness (QED) is 0.928. The van der Waals surface area contributed by atoms with Crippen molar-refractivity contribution in [1.29, 1.82) is 0 Å². The fourth-order valence-corrected chi connectivity index (χ4v) is 2.85. The van der Waals surface area contributed by atoms with Gasteiger partial charge in [-0.2, -0.15) is 0 Å². The van der Waals surface area contributed by atoms with Crippen LogP contribution in [0.3, 0.4) is 0 Å². The van der Waals surface area contributed by atoms with Crippen LogP contribution in [0.15, 0.2) is 24.3 Å². The maximum Gasteiger partial charge on any atom is 0.223 e. The van der Waals surface area contributed by atoms with Gasteiger partial charge in [0.1, 0.15) is 0 Å². The van der Waals surface area contributed by atoms with Crippen molar-refractivity contribution < 1.29 is 4.79 Å². The van der Waals surface area contributed by atoms with Gasteiger partial charge in [0.15, 0.2) is 0 Å². The molecule has 1 atom stereocenters. The van der Waals surface area contributed by atoms with Gasteiger partial charge in [-0.3, -0.25) is 4.79 Å². The molecule has 1 fully saturated rings. The van der Waals surface area contributed by atoms with Crippen LogP contribution in [-0.2, 0) is 11.2 Å². The molecule has 1 aromatic rings. The van der Waals surface area contributed by atoms with Gasteiger partial charge in [0, 0.05) is 25.6 Å². The largest absolute Gasteiger partial charge is 0.338 e. The molecule has 0 saturated carbocycles. The highest BCUT2D eigenvalue weighted by molar-refractivity contribution is 5.85. The lowest BCUT2D eigenvalue weighted by atomic mass is 10.00. The monoisotopic (exact) mass is 296 g/mol. The second kappa shape index (κ2) is 8.28. The van der Waals surface area contributed by atoms with Crippen molar-refractivity contribution >= 4 is 18.3 Å². The predicted molar refractivity (Wildman–Crippen MR) is 85.2 cm³/mol. The molecule has 1 aliphatic heterocycles. The van der Waals surface area contributed by atoms with Gasteiger partial charge in [-0.25, -0.2) is 0 Å². The number of benzene rings is 1. The van der Waals surface area contributed by atoms with Crippen LogP contribution in [0, 0.1) is 6.92 Å². The normalized spacial score (nSPS) is 18.5. The zero-order valence-electron chi connectivity index (χ0n) is 12.2. The maximum absolute atomic E-state index is 12.3. The predicted octanol–water partition coefficient (Wildman–Crippen LogP) is 2.69. The molecule has 3 nitrogen and oxygen atoms in total. The summed E-state index contributed by atoms with van der Waals surface area (Å²) in [5, 5.41) is 0. The van der Waals surface area contributed by atoms with E-state index in [0.29, 0.717) is 13.0 Å². The number of hydrogen-bond donors (Lipinski definition) is 1. The minimum atomic E-state index is 0. The molecule has 0 aliphatic carbocycles. The van der Waals surface area contributed by atoms with Crippen LogP contribution < -0.4 is 5.73 Å². The second-order valence-corrected chi connectivity index (χ2v) is 5.40. The molecule has 112 valence electrons. The number of piperidine rings is 1. The summed E-state index contributed by atoms with van der Waals surface area (Å²) in [6.07, 6.45) is 4.81. The number of carbonyl (C=O) groups is 1. The van der Waals surface area contributed by atoms with Crippen LogP contribution in [0.5, 0.6) is 0 Å². The first kappa shape index (κ1) is 17.0. The fraction of sp³-hybridized carbons (Fsp3) is 0.562. The lowest BCUT2D eigenvalue weighted by molar-refractivity contribution is -0.134. The summed E-state index contributed by atoms with van der Waals surface area (Å²) >= 11 is 0. The Morgan fingerprint density at radius 3 is 2.80 bits per heavy atom. The molecule has 2 N–H and O–H groups in total. The van der Waals surface area contributed by atoms with Gasteiger partial charge >= 0.3 is 0 Å². The van der Waals surface area contributed by atoms with Crippen LogP contribution in [0.25, 0.3) is 0 Å². The molecule has 0 aromatic heterocycles. The summed E-state index contributed by atoms with van der Waals surface area (Å²) in [5.41, 5.74) is 8.31. The standard InChI is InChI=1S/C16H24N2O.ClH/c1-13-6-2-3-7-14(13)9-10-16(19)18-11-5-4-8-15(18)12-17;/h2-3,6-7,15H,4-5,8-12,17H2,1H3;1H. The topological polar surface area (TPSA) is 46.3 Å². The van der Waals surface area contributed by atoms with Gasteiger partial charge in [0.2, 0.25) is 5.91 Å². The van der Waals surface area contributed by atoms with Crippen LogP contribution in [0.2, 0.25) is 0 Å². The van der Waals surface area contributed by atoms with Gasteiger partial charge in [0.25, 0.3) is 0 Å². The Bertz CT molecular complexity index is 436. The molecule has 0 bridgehead atoms. The van der Waals surface area contributed by atoms with Crippen molar-refractivity contribution in [1.82, 2.24) is 4.90 Å². The van der Waals surface area contributed by atoms with Crippen molar-refractivity contribution in [2.24, 2.45) is 5.73 Å². The summed E-state index contributed by atoms with van der Waals surface area (Å²) in [7, 11) is 0. The van der Waals surface area contributed by atoms with Gasteiger partial charge in [-0.1, -0.05) is 24.3 Å². The van der Waals surface area contributed by atoms with Crippen molar-refractivity contribution in [3.8, 4) is 0 Å². The number of likely N-dealkylation sites (tertiary alicyclic amines) is 1. The van der Waals surface area contributed by atoms with Crippen LogP contribution in [0.4, 0.5) is 0 Å². The van der Waals surface area contributed by atoms with Gasteiger partial charge in [-0.15, -0.1) is 12.4 Å². The van der Waals surface area contributed by atoms with E-state index in [1.807, 2.05) is 17.0 Å². The summed E-state index contributed by atoms with van der Waals surface area (Å²) in [4.78, 5) is 14.3. The number of amides is 1. The number of carbonyl (C=O) groups excluding carboxylic acids is 1. The molecule has 2 rings (SSSR count). The molecule has 0 spiro atoms. The van der Waals surface area contributed by atoms with Crippen molar-refractivity contribution in [3.05, 3.63) is 35.4 Å². The zero-order chi connectivity index (χ0) is 13.7. The molecular formula is C16H25ClN2O. The maximum atomic E-state index is 12.3. The van der Waals surface area contributed by atoms with E-state index in [9.17, 15) is 4.79 Å². The molecule has 1 unspecified atom stereocenters. The molecule has 1 saturated heterocycles. The lowest BCUT2D eigenvalue weighted by Gasteiger charge is -2.35. The lowest BCUT2D eigenvalue weighted by Crippen LogP contribution is -2.47. The average molecular weight is 297 g/mol. The number of aryl methyl sites for hydroxylation is 2. The van der Waals surface area contributed by atoms with Gasteiger partial charge < -0.3 is 10.6 Å². The first-order valence-electron chi connectivity index (χ1n) is 7.26. The Kier molecular flexibility index (Phi) is 7.03. The highest BCUT2D eigenvalue weighted by Crippen LogP contribution is 2.18. The Morgan fingerprint density at radius 2 is 2.10 bits per heavy atom. The number of rotatable bonds is 4. The zero-order valence-corrected chi connectivity index (χ0v) is 13.0. The first-order valence-corrected chi connectivity index (χ1v) is 7.26. The highest BCUT2D eigenvalue weighted by atomic mass is 35.5. The van der Waals surface area contributed by atoms with E-state index in [1.165, 1.54) is 17.5 Å². The van der Waals surface area contributed by atoms with E-state index in [-0.39, 0.29) is 24.4 Å². The van der Waals surface area contributed by atoms with Crippen LogP contribution in [-0.4, -0.2) is 29.9 Å². The molecular weight excluding hydrogens is 272 g/mol. The van der Waals surface area contributed by atoms with Gasteiger partial charge in [-0.05, 0) is 43.7 Å². The fourth-order valence-electron chi connectivity index (χ4n) is 2.85. The average Bonchev–Trinajstić information content (AvgIpc) is 2.46. The molecule has 4 heteroatoms. The van der Waals surface area contributed by atoms with E-state index in [4.69, 9.17) is 5.73 Å². The van der Waals surface area contributed by atoms with Crippen molar-refractivity contribution in [2.75, 3.05) is 13.1 Å². The Labute approximate surface area is 127 Å². The Balaban J connectivity index is 0.00000200. The number of nitrogens with two attached hydrogens (primary N) is 1. The van der Waals surface area contributed by atoms with Crippen LogP contribution in [0.1, 0.15) is 36.8 Å². The molecule has 1 amide bonds. The van der Waals surface area contributed by atoms with E-state index in [1.54, 1.807) is 0 Å². The summed E-state index contributed by atoms with van der Waals surface area (Å²) in [6, 6.07) is 8.55. The third kappa shape index (κ3) is 4.22. The van der Waals surface area contributed by atoms with Crippen molar-refractivity contribution in [3.63, 3.8) is 0 Å². The summed E-state index contributed by atoms with van der Waals surface area (Å²) < 4.78 is 0. The molecule has 1 heterocycles. The minimum Gasteiger partial charge on any atom is -0.338 e. The van der Waals surface area contributed by atoms with Crippen LogP contribution >= 0.6 is 12.4 Å². The minimum absolute atomic E-state index is 0. The van der Waals surface area contributed by atoms with Gasteiger partial charge in [0.05, 0.1) is 0 Å². The number of halogens is 1. The third-order valence-electron chi connectivity index (χ3n) is 4.09. The summed E-state index contributed by atoms with van der Waals surface area (Å²) in [6.45, 7) is 3.58. The Morgan fingerprint density at radius 1 is 1.35 bits per heavy atom. The molecule has 1 aliphatic rings. The highest BCUT2D eigenvalue weighted by Gasteiger charge is 2.24. The molecule has 1 aromatic carbocycles. The second-order valence-electron chi connectivity index (χ2n) is 5.40. The Hall–Kier alpha value is -1.06. The molecule has 20 heavy (non-hydrogen) atoms. The molecule has 0 radical (unpaired) electrons. The van der Waals surface area contributed by atoms with E-state index in [0.717, 1.165) is 25.8 Å². The third-order valence-corrected chi connectivity index (χ3v) is 4.09. The first-order chi connectivity index (χ1) is 9.22. The smallest absolute Gasteiger partial charge is 0.223 e. The van der Waals surface area contributed by atoms with E-state index >= 15 is 0 Å². The number of nitrogens with zero attached hydrogens (tertiary/aromatic N) is 1.